The van der Waals surface area contributed by atoms with Gasteiger partial charge in [-0.1, -0.05) is 23.7 Å². The summed E-state index contributed by atoms with van der Waals surface area (Å²) < 4.78 is 0. The molecule has 0 aromatic heterocycles. The van der Waals surface area contributed by atoms with Crippen LogP contribution in [-0.2, 0) is 9.63 Å². The van der Waals surface area contributed by atoms with Crippen molar-refractivity contribution in [3.05, 3.63) is 34.9 Å². The number of hydrogen-bond acceptors (Lipinski definition) is 3. The van der Waals surface area contributed by atoms with E-state index < -0.39 is 0 Å². The first-order valence-corrected chi connectivity index (χ1v) is 5.61. The van der Waals surface area contributed by atoms with Crippen LogP contribution in [0.5, 0.6) is 0 Å². The van der Waals surface area contributed by atoms with Crippen molar-refractivity contribution in [2.24, 2.45) is 5.92 Å². The van der Waals surface area contributed by atoms with Crippen LogP contribution in [0.25, 0.3) is 0 Å². The Hall–Kier alpha value is -0.900. The number of halogens is 1. The Labute approximate surface area is 99.9 Å². The molecule has 2 rings (SSSR count). The highest BCUT2D eigenvalue weighted by molar-refractivity contribution is 6.30. The molecule has 0 radical (unpaired) electrons. The molecule has 1 aliphatic heterocycles. The van der Waals surface area contributed by atoms with Gasteiger partial charge in [-0.25, -0.2) is 0 Å². The van der Waals surface area contributed by atoms with Gasteiger partial charge in [-0.3, -0.25) is 4.84 Å². The molecule has 3 nitrogen and oxygen atoms in total. The summed E-state index contributed by atoms with van der Waals surface area (Å²) in [5.74, 6) is -0.133. The summed E-state index contributed by atoms with van der Waals surface area (Å²) >= 11 is 5.84. The molecule has 4 heteroatoms. The number of rotatable bonds is 2. The van der Waals surface area contributed by atoms with Gasteiger partial charge in [-0.15, -0.1) is 0 Å². The average Bonchev–Trinajstić information content (AvgIpc) is 2.54. The van der Waals surface area contributed by atoms with Crippen LogP contribution in [0.2, 0.25) is 5.02 Å². The van der Waals surface area contributed by atoms with Gasteiger partial charge in [0.15, 0.2) is 0 Å². The van der Waals surface area contributed by atoms with Crippen molar-refractivity contribution in [3.63, 3.8) is 0 Å². The highest BCUT2D eigenvalue weighted by atomic mass is 35.5. The van der Waals surface area contributed by atoms with Gasteiger partial charge in [-0.05, 0) is 24.6 Å². The van der Waals surface area contributed by atoms with Gasteiger partial charge < -0.3 is 4.79 Å². The fourth-order valence-electron chi connectivity index (χ4n) is 2.17. The van der Waals surface area contributed by atoms with Gasteiger partial charge in [0.25, 0.3) is 0 Å². The Balaban J connectivity index is 2.31. The summed E-state index contributed by atoms with van der Waals surface area (Å²) in [6, 6.07) is 7.50. The second-order valence-electron chi connectivity index (χ2n) is 4.07. The lowest BCUT2D eigenvalue weighted by Gasteiger charge is -2.20. The summed E-state index contributed by atoms with van der Waals surface area (Å²) in [6.07, 6.45) is 0.885. The SMILES string of the molecule is C[C@H]1ON(C)[C@@H](c2ccc(Cl)cc2)[C@@H]1C=O. The number of benzene rings is 1. The monoisotopic (exact) mass is 239 g/mol. The maximum absolute atomic E-state index is 11.1. The third-order valence-corrected chi connectivity index (χ3v) is 3.25. The number of carbonyl (C=O) groups excluding carboxylic acids is 1. The van der Waals surface area contributed by atoms with Crippen molar-refractivity contribution < 1.29 is 9.63 Å². The highest BCUT2D eigenvalue weighted by Crippen LogP contribution is 2.37. The molecule has 0 bridgehead atoms. The van der Waals surface area contributed by atoms with E-state index in [1.54, 1.807) is 5.06 Å². The molecule has 0 amide bonds. The van der Waals surface area contributed by atoms with E-state index in [1.807, 2.05) is 38.2 Å². The third-order valence-electron chi connectivity index (χ3n) is 3.00. The summed E-state index contributed by atoms with van der Waals surface area (Å²) in [5, 5.41) is 2.44. The van der Waals surface area contributed by atoms with Crippen LogP contribution in [0.3, 0.4) is 0 Å². The molecular formula is C12H14ClNO2. The molecule has 0 N–H and O–H groups in total. The number of carbonyl (C=O) groups is 1. The largest absolute Gasteiger partial charge is 0.303 e. The van der Waals surface area contributed by atoms with Crippen molar-refractivity contribution in [2.75, 3.05) is 7.05 Å². The van der Waals surface area contributed by atoms with Gasteiger partial charge in [0.05, 0.1) is 18.1 Å². The van der Waals surface area contributed by atoms with Crippen LogP contribution in [0.4, 0.5) is 0 Å². The maximum atomic E-state index is 11.1. The number of nitrogens with zero attached hydrogens (tertiary/aromatic N) is 1. The summed E-state index contributed by atoms with van der Waals surface area (Å²) in [4.78, 5) is 16.6. The normalized spacial score (nSPS) is 30.6. The molecule has 1 saturated heterocycles. The summed E-state index contributed by atoms with van der Waals surface area (Å²) in [7, 11) is 1.85. The molecule has 1 aromatic carbocycles. The standard InChI is InChI=1S/C12H14ClNO2/c1-8-11(7-15)12(14(2)16-8)9-3-5-10(13)6-4-9/h3-8,11-12H,1-2H3/t8-,11-,12+/m1/s1. The van der Waals surface area contributed by atoms with E-state index in [0.717, 1.165) is 11.8 Å². The zero-order valence-corrected chi connectivity index (χ0v) is 10.0. The van der Waals surface area contributed by atoms with Crippen molar-refractivity contribution in [2.45, 2.75) is 19.1 Å². The van der Waals surface area contributed by atoms with Crippen LogP contribution in [0.1, 0.15) is 18.5 Å². The van der Waals surface area contributed by atoms with E-state index in [1.165, 1.54) is 0 Å². The fourth-order valence-corrected chi connectivity index (χ4v) is 2.30. The van der Waals surface area contributed by atoms with E-state index in [4.69, 9.17) is 16.4 Å². The topological polar surface area (TPSA) is 29.5 Å². The molecule has 1 aromatic rings. The van der Waals surface area contributed by atoms with Crippen molar-refractivity contribution >= 4 is 17.9 Å². The third kappa shape index (κ3) is 1.98. The first kappa shape index (κ1) is 11.6. The molecule has 1 heterocycles. The van der Waals surface area contributed by atoms with Crippen molar-refractivity contribution in [1.82, 2.24) is 5.06 Å². The van der Waals surface area contributed by atoms with Crippen molar-refractivity contribution in [1.29, 1.82) is 0 Å². The van der Waals surface area contributed by atoms with Gasteiger partial charge in [0.1, 0.15) is 6.29 Å². The van der Waals surface area contributed by atoms with E-state index in [2.05, 4.69) is 0 Å². The Morgan fingerprint density at radius 1 is 1.38 bits per heavy atom. The Bertz CT molecular complexity index is 379. The second-order valence-corrected chi connectivity index (χ2v) is 4.50. The summed E-state index contributed by atoms with van der Waals surface area (Å²) in [5.41, 5.74) is 1.05. The van der Waals surface area contributed by atoms with Gasteiger partial charge in [0.2, 0.25) is 0 Å². The van der Waals surface area contributed by atoms with Crippen LogP contribution in [-0.4, -0.2) is 24.5 Å². The van der Waals surface area contributed by atoms with Gasteiger partial charge in [-0.2, -0.15) is 5.06 Å². The molecule has 1 fully saturated rings. The first-order chi connectivity index (χ1) is 7.63. The second kappa shape index (κ2) is 4.53. The zero-order valence-electron chi connectivity index (χ0n) is 9.26. The van der Waals surface area contributed by atoms with Gasteiger partial charge >= 0.3 is 0 Å². The van der Waals surface area contributed by atoms with E-state index >= 15 is 0 Å². The molecule has 0 aliphatic carbocycles. The first-order valence-electron chi connectivity index (χ1n) is 5.24. The van der Waals surface area contributed by atoms with Crippen LogP contribution in [0.15, 0.2) is 24.3 Å². The van der Waals surface area contributed by atoms with Crippen molar-refractivity contribution in [3.8, 4) is 0 Å². The molecule has 3 atom stereocenters. The predicted octanol–water partition coefficient (Wildman–Crippen LogP) is 2.46. The maximum Gasteiger partial charge on any atom is 0.127 e. The lowest BCUT2D eigenvalue weighted by Crippen LogP contribution is -2.21. The Morgan fingerprint density at radius 2 is 2.00 bits per heavy atom. The molecular weight excluding hydrogens is 226 g/mol. The zero-order chi connectivity index (χ0) is 11.7. The minimum Gasteiger partial charge on any atom is -0.303 e. The highest BCUT2D eigenvalue weighted by Gasteiger charge is 2.39. The number of aldehydes is 1. The lowest BCUT2D eigenvalue weighted by molar-refractivity contribution is -0.139. The molecule has 16 heavy (non-hydrogen) atoms. The quantitative estimate of drug-likeness (QED) is 0.743. The number of hydroxylamine groups is 2. The summed E-state index contributed by atoms with van der Waals surface area (Å²) in [6.45, 7) is 1.91. The Kier molecular flexibility index (Phi) is 3.28. The molecule has 0 spiro atoms. The average molecular weight is 240 g/mol. The minimum absolute atomic E-state index is 0.0234. The predicted molar refractivity (Wildman–Crippen MR) is 62.1 cm³/mol. The lowest BCUT2D eigenvalue weighted by atomic mass is 9.91. The minimum atomic E-state index is -0.133. The molecule has 1 aliphatic rings. The Morgan fingerprint density at radius 3 is 2.56 bits per heavy atom. The van der Waals surface area contributed by atoms with Gasteiger partial charge in [0, 0.05) is 12.1 Å². The van der Waals surface area contributed by atoms with Crippen LogP contribution >= 0.6 is 11.6 Å². The fraction of sp³-hybridized carbons (Fsp3) is 0.417. The van der Waals surface area contributed by atoms with E-state index in [9.17, 15) is 4.79 Å². The van der Waals surface area contributed by atoms with Crippen LogP contribution in [0, 0.1) is 5.92 Å². The number of hydrogen-bond donors (Lipinski definition) is 0. The van der Waals surface area contributed by atoms with Crippen LogP contribution < -0.4 is 0 Å². The molecule has 86 valence electrons. The molecule has 0 saturated carbocycles. The van der Waals surface area contributed by atoms with E-state index in [-0.39, 0.29) is 18.1 Å². The smallest absolute Gasteiger partial charge is 0.127 e. The van der Waals surface area contributed by atoms with E-state index in [0.29, 0.717) is 5.02 Å². The molecule has 0 unspecified atom stereocenters.